The zero-order valence-electron chi connectivity index (χ0n) is 10.6. The number of thioether (sulfide) groups is 1. The summed E-state index contributed by atoms with van der Waals surface area (Å²) in [4.78, 5) is 11.7. The van der Waals surface area contributed by atoms with Crippen LogP contribution in [0, 0.1) is 0 Å². The van der Waals surface area contributed by atoms with Crippen LogP contribution in [0.3, 0.4) is 0 Å². The van der Waals surface area contributed by atoms with Gasteiger partial charge in [-0.05, 0) is 19.9 Å². The van der Waals surface area contributed by atoms with Crippen molar-refractivity contribution >= 4 is 17.7 Å². The zero-order chi connectivity index (χ0) is 13.3. The van der Waals surface area contributed by atoms with E-state index in [-0.39, 0.29) is 27.9 Å². The number of ether oxygens (including phenoxy) is 1. The molecule has 98 valence electrons. The van der Waals surface area contributed by atoms with E-state index >= 15 is 0 Å². The third-order valence-electron chi connectivity index (χ3n) is 3.09. The van der Waals surface area contributed by atoms with Gasteiger partial charge in [0.25, 0.3) is 0 Å². The van der Waals surface area contributed by atoms with Crippen molar-refractivity contribution < 1.29 is 14.6 Å². The maximum Gasteiger partial charge on any atom is 0.324 e. The molecule has 1 aliphatic rings. The highest BCUT2D eigenvalue weighted by Crippen LogP contribution is 2.47. The van der Waals surface area contributed by atoms with Gasteiger partial charge in [-0.15, -0.1) is 11.8 Å². The maximum absolute atomic E-state index is 11.7. The van der Waals surface area contributed by atoms with Crippen molar-refractivity contribution in [3.8, 4) is 5.75 Å². The molecular formula is C13H17NO3S. The third-order valence-corrected chi connectivity index (χ3v) is 4.56. The number of aromatic hydroxyl groups is 1. The molecule has 0 saturated carbocycles. The fourth-order valence-corrected chi connectivity index (χ4v) is 3.53. The van der Waals surface area contributed by atoms with Crippen molar-refractivity contribution in [2.24, 2.45) is 0 Å². The Labute approximate surface area is 111 Å². The SMILES string of the molecule is COC(=O)[C@@H]1N[C@H](c2ccccc2O)SC1(C)C. The van der Waals surface area contributed by atoms with Gasteiger partial charge >= 0.3 is 5.97 Å². The number of carbonyl (C=O) groups is 1. The normalized spacial score (nSPS) is 25.9. The van der Waals surface area contributed by atoms with Gasteiger partial charge in [-0.2, -0.15) is 0 Å². The molecule has 2 N–H and O–H groups in total. The molecule has 0 spiro atoms. The summed E-state index contributed by atoms with van der Waals surface area (Å²) in [6.07, 6.45) is 0. The van der Waals surface area contributed by atoms with Gasteiger partial charge in [0.2, 0.25) is 0 Å². The van der Waals surface area contributed by atoms with Crippen molar-refractivity contribution in [2.75, 3.05) is 7.11 Å². The molecule has 0 amide bonds. The van der Waals surface area contributed by atoms with Crippen molar-refractivity contribution in [3.05, 3.63) is 29.8 Å². The van der Waals surface area contributed by atoms with Crippen LogP contribution in [0.15, 0.2) is 24.3 Å². The van der Waals surface area contributed by atoms with E-state index in [9.17, 15) is 9.90 Å². The van der Waals surface area contributed by atoms with Crippen LogP contribution in [0.25, 0.3) is 0 Å². The van der Waals surface area contributed by atoms with Crippen LogP contribution >= 0.6 is 11.8 Å². The summed E-state index contributed by atoms with van der Waals surface area (Å²) in [6.45, 7) is 3.98. The lowest BCUT2D eigenvalue weighted by Crippen LogP contribution is -2.44. The highest BCUT2D eigenvalue weighted by Gasteiger charge is 2.46. The van der Waals surface area contributed by atoms with E-state index in [0.29, 0.717) is 0 Å². The Morgan fingerprint density at radius 3 is 2.72 bits per heavy atom. The standard InChI is InChI=1S/C13H17NO3S/c1-13(2)10(12(16)17-3)14-11(18-13)8-6-4-5-7-9(8)15/h4-7,10-11,14-15H,1-3H3/t10-,11-/m0/s1. The molecule has 0 bridgehead atoms. The molecule has 2 rings (SSSR count). The fourth-order valence-electron chi connectivity index (χ4n) is 2.09. The average molecular weight is 267 g/mol. The first-order valence-corrected chi connectivity index (χ1v) is 6.63. The van der Waals surface area contributed by atoms with Crippen molar-refractivity contribution in [1.82, 2.24) is 5.32 Å². The topological polar surface area (TPSA) is 58.6 Å². The van der Waals surface area contributed by atoms with Crippen LogP contribution in [-0.2, 0) is 9.53 Å². The lowest BCUT2D eigenvalue weighted by atomic mass is 10.0. The summed E-state index contributed by atoms with van der Waals surface area (Å²) in [6, 6.07) is 6.78. The quantitative estimate of drug-likeness (QED) is 0.803. The van der Waals surface area contributed by atoms with E-state index in [1.807, 2.05) is 26.0 Å². The van der Waals surface area contributed by atoms with Gasteiger partial charge in [0.1, 0.15) is 11.8 Å². The molecule has 1 aromatic carbocycles. The number of phenols is 1. The van der Waals surface area contributed by atoms with Gasteiger partial charge in [-0.25, -0.2) is 0 Å². The van der Waals surface area contributed by atoms with E-state index in [0.717, 1.165) is 5.56 Å². The molecule has 1 aromatic rings. The third kappa shape index (κ3) is 2.33. The number of hydrogen-bond acceptors (Lipinski definition) is 5. The van der Waals surface area contributed by atoms with Crippen molar-refractivity contribution in [3.63, 3.8) is 0 Å². The van der Waals surface area contributed by atoms with Crippen LogP contribution in [0.2, 0.25) is 0 Å². The largest absolute Gasteiger partial charge is 0.508 e. The second-order valence-electron chi connectivity index (χ2n) is 4.78. The number of esters is 1. The molecule has 5 heteroatoms. The van der Waals surface area contributed by atoms with Gasteiger partial charge in [0, 0.05) is 10.3 Å². The summed E-state index contributed by atoms with van der Waals surface area (Å²) in [7, 11) is 1.39. The molecule has 1 saturated heterocycles. The second-order valence-corrected chi connectivity index (χ2v) is 6.54. The molecule has 4 nitrogen and oxygen atoms in total. The Bertz CT molecular complexity index is 461. The predicted molar refractivity (Wildman–Crippen MR) is 71.5 cm³/mol. The first kappa shape index (κ1) is 13.2. The molecular weight excluding hydrogens is 250 g/mol. The smallest absolute Gasteiger partial charge is 0.324 e. The van der Waals surface area contributed by atoms with Gasteiger partial charge < -0.3 is 9.84 Å². The van der Waals surface area contributed by atoms with Crippen LogP contribution in [-0.4, -0.2) is 29.0 Å². The highest BCUT2D eigenvalue weighted by atomic mass is 32.2. The molecule has 1 heterocycles. The fraction of sp³-hybridized carbons (Fsp3) is 0.462. The molecule has 1 aliphatic heterocycles. The van der Waals surface area contributed by atoms with Crippen molar-refractivity contribution in [2.45, 2.75) is 30.0 Å². The number of phenolic OH excluding ortho intramolecular Hbond substituents is 1. The van der Waals surface area contributed by atoms with E-state index in [4.69, 9.17) is 4.74 Å². The minimum Gasteiger partial charge on any atom is -0.508 e. The Hall–Kier alpha value is -1.20. The monoisotopic (exact) mass is 267 g/mol. The number of methoxy groups -OCH3 is 1. The summed E-state index contributed by atoms with van der Waals surface area (Å²) in [5.41, 5.74) is 0.793. The van der Waals surface area contributed by atoms with E-state index in [1.54, 1.807) is 23.9 Å². The van der Waals surface area contributed by atoms with Gasteiger partial charge in [-0.1, -0.05) is 18.2 Å². The van der Waals surface area contributed by atoms with Crippen LogP contribution in [0.5, 0.6) is 5.75 Å². The van der Waals surface area contributed by atoms with E-state index in [2.05, 4.69) is 5.32 Å². The maximum atomic E-state index is 11.7. The number of para-hydroxylation sites is 1. The summed E-state index contributed by atoms with van der Waals surface area (Å²) < 4.78 is 4.53. The molecule has 0 unspecified atom stereocenters. The molecule has 0 aliphatic carbocycles. The molecule has 0 aromatic heterocycles. The number of carbonyl (C=O) groups excluding carboxylic acids is 1. The first-order chi connectivity index (χ1) is 8.45. The second kappa shape index (κ2) is 4.82. The van der Waals surface area contributed by atoms with E-state index < -0.39 is 0 Å². The van der Waals surface area contributed by atoms with Crippen LogP contribution in [0.4, 0.5) is 0 Å². The number of hydrogen-bond donors (Lipinski definition) is 2. The molecule has 1 fully saturated rings. The lowest BCUT2D eigenvalue weighted by molar-refractivity contribution is -0.143. The number of benzene rings is 1. The summed E-state index contributed by atoms with van der Waals surface area (Å²) >= 11 is 1.61. The van der Waals surface area contributed by atoms with Crippen LogP contribution < -0.4 is 5.32 Å². The van der Waals surface area contributed by atoms with Crippen molar-refractivity contribution in [1.29, 1.82) is 0 Å². The minimum atomic E-state index is -0.378. The average Bonchev–Trinajstić information content (AvgIpc) is 2.64. The van der Waals surface area contributed by atoms with Gasteiger partial charge in [0.05, 0.1) is 12.5 Å². The Morgan fingerprint density at radius 1 is 1.44 bits per heavy atom. The molecule has 18 heavy (non-hydrogen) atoms. The lowest BCUT2D eigenvalue weighted by Gasteiger charge is -2.22. The zero-order valence-corrected chi connectivity index (χ0v) is 11.5. The Kier molecular flexibility index (Phi) is 3.54. The molecule has 0 radical (unpaired) electrons. The van der Waals surface area contributed by atoms with Gasteiger partial charge in [0.15, 0.2) is 0 Å². The number of rotatable bonds is 2. The predicted octanol–water partition coefficient (Wildman–Crippen LogP) is 2.05. The minimum absolute atomic E-state index is 0.106. The summed E-state index contributed by atoms with van der Waals surface area (Å²) in [5, 5.41) is 13.0. The Balaban J connectivity index is 2.25. The van der Waals surface area contributed by atoms with E-state index in [1.165, 1.54) is 7.11 Å². The Morgan fingerprint density at radius 2 is 2.11 bits per heavy atom. The first-order valence-electron chi connectivity index (χ1n) is 5.75. The highest BCUT2D eigenvalue weighted by molar-refractivity contribution is 8.01. The van der Waals surface area contributed by atoms with Crippen LogP contribution in [0.1, 0.15) is 24.8 Å². The van der Waals surface area contributed by atoms with Gasteiger partial charge in [-0.3, -0.25) is 10.1 Å². The number of nitrogens with one attached hydrogen (secondary N) is 1. The molecule has 2 atom stereocenters. The summed E-state index contributed by atoms with van der Waals surface area (Å²) in [5.74, 6) is -0.0331.